The Labute approximate surface area is 237 Å². The lowest BCUT2D eigenvalue weighted by molar-refractivity contribution is 0.658. The van der Waals surface area contributed by atoms with Crippen LogP contribution in [0.3, 0.4) is 0 Å². The SMILES string of the molecule is CC1CCCN1c1cc(NC2CC2)nc(N)n1.Nc1nc(NC2CC2)cc(N2CCCC2Cc2ccccc2)n1. The third kappa shape index (κ3) is 6.84. The van der Waals surface area contributed by atoms with E-state index in [-0.39, 0.29) is 0 Å². The van der Waals surface area contributed by atoms with Gasteiger partial charge in [0.25, 0.3) is 0 Å². The smallest absolute Gasteiger partial charge is 0.223 e. The van der Waals surface area contributed by atoms with E-state index in [0.29, 0.717) is 36.1 Å². The number of hydrogen-bond donors (Lipinski definition) is 4. The number of anilines is 6. The van der Waals surface area contributed by atoms with E-state index in [1.807, 2.05) is 6.07 Å². The molecule has 0 spiro atoms. The van der Waals surface area contributed by atoms with E-state index in [1.165, 1.54) is 56.9 Å². The molecular formula is C30H42N10. The highest BCUT2D eigenvalue weighted by molar-refractivity contribution is 5.55. The fourth-order valence-electron chi connectivity index (χ4n) is 5.73. The topological polar surface area (TPSA) is 134 Å². The quantitative estimate of drug-likeness (QED) is 0.323. The van der Waals surface area contributed by atoms with Crippen molar-refractivity contribution in [3.63, 3.8) is 0 Å². The zero-order valence-electron chi connectivity index (χ0n) is 23.5. The first-order chi connectivity index (χ1) is 19.5. The number of nitrogens with zero attached hydrogens (tertiary/aromatic N) is 6. The van der Waals surface area contributed by atoms with Crippen LogP contribution in [0, 0.1) is 0 Å². The number of benzene rings is 1. The summed E-state index contributed by atoms with van der Waals surface area (Å²) >= 11 is 0. The summed E-state index contributed by atoms with van der Waals surface area (Å²) in [4.78, 5) is 22.1. The Kier molecular flexibility index (Phi) is 7.75. The van der Waals surface area contributed by atoms with Crippen LogP contribution in [0.5, 0.6) is 0 Å². The van der Waals surface area contributed by atoms with Gasteiger partial charge in [-0.3, -0.25) is 0 Å². The zero-order chi connectivity index (χ0) is 27.5. The van der Waals surface area contributed by atoms with Gasteiger partial charge in [0, 0.05) is 49.4 Å². The Morgan fingerprint density at radius 2 is 1.27 bits per heavy atom. The molecule has 0 amide bonds. The molecule has 2 atom stereocenters. The summed E-state index contributed by atoms with van der Waals surface area (Å²) in [6, 6.07) is 17.0. The zero-order valence-corrected chi connectivity index (χ0v) is 23.5. The molecule has 0 radical (unpaired) electrons. The summed E-state index contributed by atoms with van der Waals surface area (Å²) in [7, 11) is 0. The Bertz CT molecular complexity index is 1280. The summed E-state index contributed by atoms with van der Waals surface area (Å²) in [5.74, 6) is 4.37. The van der Waals surface area contributed by atoms with Gasteiger partial charge in [0.05, 0.1) is 0 Å². The molecule has 7 rings (SSSR count). The molecule has 2 aromatic heterocycles. The van der Waals surface area contributed by atoms with E-state index in [9.17, 15) is 0 Å². The maximum atomic E-state index is 5.93. The fourth-order valence-corrected chi connectivity index (χ4v) is 5.73. The number of hydrogen-bond acceptors (Lipinski definition) is 10. The molecule has 4 heterocycles. The summed E-state index contributed by atoms with van der Waals surface area (Å²) in [6.45, 7) is 4.34. The first kappa shape index (κ1) is 26.4. The Morgan fingerprint density at radius 1 is 0.725 bits per heavy atom. The minimum atomic E-state index is 0.357. The van der Waals surface area contributed by atoms with Crippen LogP contribution in [0.15, 0.2) is 42.5 Å². The second kappa shape index (κ2) is 11.7. The number of nitrogens with one attached hydrogen (secondary N) is 2. The van der Waals surface area contributed by atoms with Gasteiger partial charge in [-0.15, -0.1) is 0 Å². The van der Waals surface area contributed by atoms with Gasteiger partial charge in [-0.1, -0.05) is 30.3 Å². The number of aromatic nitrogens is 4. The molecule has 2 aliphatic heterocycles. The summed E-state index contributed by atoms with van der Waals surface area (Å²) in [5, 5.41) is 6.80. The molecule has 2 saturated heterocycles. The van der Waals surface area contributed by atoms with E-state index >= 15 is 0 Å². The lowest BCUT2D eigenvalue weighted by Crippen LogP contribution is -2.32. The van der Waals surface area contributed by atoms with Crippen LogP contribution in [0.25, 0.3) is 0 Å². The van der Waals surface area contributed by atoms with Crippen molar-refractivity contribution in [1.82, 2.24) is 19.9 Å². The normalized spacial score (nSPS) is 22.1. The number of nitrogens with two attached hydrogens (primary N) is 2. The lowest BCUT2D eigenvalue weighted by atomic mass is 10.0. The first-order valence-corrected chi connectivity index (χ1v) is 14.9. The monoisotopic (exact) mass is 542 g/mol. The molecule has 40 heavy (non-hydrogen) atoms. The van der Waals surface area contributed by atoms with E-state index < -0.39 is 0 Å². The number of rotatable bonds is 8. The second-order valence-corrected chi connectivity index (χ2v) is 11.6. The minimum absolute atomic E-state index is 0.357. The van der Waals surface area contributed by atoms with Gasteiger partial charge in [0.15, 0.2) is 0 Å². The van der Waals surface area contributed by atoms with Gasteiger partial charge in [-0.05, 0) is 70.3 Å². The third-order valence-electron chi connectivity index (χ3n) is 8.15. The van der Waals surface area contributed by atoms with Crippen LogP contribution in [-0.4, -0.2) is 57.2 Å². The van der Waals surface area contributed by atoms with Gasteiger partial charge in [0.2, 0.25) is 11.9 Å². The van der Waals surface area contributed by atoms with Crippen LogP contribution in [0.2, 0.25) is 0 Å². The van der Waals surface area contributed by atoms with E-state index in [4.69, 9.17) is 11.5 Å². The molecule has 6 N–H and O–H groups in total. The fraction of sp³-hybridized carbons (Fsp3) is 0.533. The van der Waals surface area contributed by atoms with Crippen molar-refractivity contribution in [2.45, 2.75) is 88.9 Å². The molecule has 212 valence electrons. The minimum Gasteiger partial charge on any atom is -0.368 e. The van der Waals surface area contributed by atoms with Gasteiger partial charge >= 0.3 is 0 Å². The highest BCUT2D eigenvalue weighted by Gasteiger charge is 2.28. The van der Waals surface area contributed by atoms with Crippen molar-refractivity contribution in [2.24, 2.45) is 0 Å². The van der Waals surface area contributed by atoms with Crippen molar-refractivity contribution in [1.29, 1.82) is 0 Å². The standard InChI is InChI=1S/C18H23N5.C12H19N5/c19-18-21-16(20-14-8-9-14)12-17(22-18)23-10-4-7-15(23)11-13-5-2-1-3-6-13;1-8-3-2-6-17(8)11-7-10(14-9-4-5-9)15-12(13)16-11/h1-3,5-6,12,14-15H,4,7-11H2,(H3,19,20,21,22);7-9H,2-6H2,1H3,(H3,13,14,15,16). The van der Waals surface area contributed by atoms with E-state index in [2.05, 4.69) is 83.7 Å². The van der Waals surface area contributed by atoms with Crippen LogP contribution in [0.1, 0.15) is 63.9 Å². The Hall–Kier alpha value is -3.82. The highest BCUT2D eigenvalue weighted by atomic mass is 15.3. The van der Waals surface area contributed by atoms with Crippen LogP contribution in [-0.2, 0) is 6.42 Å². The highest BCUT2D eigenvalue weighted by Crippen LogP contribution is 2.31. The van der Waals surface area contributed by atoms with Gasteiger partial charge < -0.3 is 31.9 Å². The van der Waals surface area contributed by atoms with Crippen LogP contribution in [0.4, 0.5) is 35.2 Å². The largest absolute Gasteiger partial charge is 0.368 e. The van der Waals surface area contributed by atoms with Crippen molar-refractivity contribution >= 4 is 35.2 Å². The lowest BCUT2D eigenvalue weighted by Gasteiger charge is -2.26. The summed E-state index contributed by atoms with van der Waals surface area (Å²) in [5.41, 5.74) is 13.1. The van der Waals surface area contributed by atoms with Crippen molar-refractivity contribution in [3.8, 4) is 0 Å². The summed E-state index contributed by atoms with van der Waals surface area (Å²) < 4.78 is 0. The molecule has 2 aliphatic carbocycles. The van der Waals surface area contributed by atoms with Crippen LogP contribution >= 0.6 is 0 Å². The third-order valence-corrected chi connectivity index (χ3v) is 8.15. The summed E-state index contributed by atoms with van der Waals surface area (Å²) in [6.07, 6.45) is 10.8. The van der Waals surface area contributed by atoms with Crippen molar-refractivity contribution in [2.75, 3.05) is 45.0 Å². The molecule has 3 aromatic rings. The predicted octanol–water partition coefficient (Wildman–Crippen LogP) is 4.47. The maximum Gasteiger partial charge on any atom is 0.223 e. The predicted molar refractivity (Wildman–Crippen MR) is 163 cm³/mol. The molecule has 0 bridgehead atoms. The number of nitrogen functional groups attached to an aromatic ring is 2. The van der Waals surface area contributed by atoms with E-state index in [0.717, 1.165) is 42.8 Å². The Balaban J connectivity index is 0.000000151. The molecule has 2 saturated carbocycles. The molecule has 1 aromatic carbocycles. The molecule has 4 fully saturated rings. The van der Waals surface area contributed by atoms with Gasteiger partial charge in [0.1, 0.15) is 23.3 Å². The molecular weight excluding hydrogens is 500 g/mol. The molecule has 4 aliphatic rings. The first-order valence-electron chi connectivity index (χ1n) is 14.9. The molecule has 10 nitrogen and oxygen atoms in total. The maximum absolute atomic E-state index is 5.93. The Morgan fingerprint density at radius 3 is 1.82 bits per heavy atom. The van der Waals surface area contributed by atoms with Gasteiger partial charge in [-0.25, -0.2) is 0 Å². The van der Waals surface area contributed by atoms with Crippen molar-refractivity contribution in [3.05, 3.63) is 48.0 Å². The average Bonchev–Trinajstić information content (AvgIpc) is 3.84. The van der Waals surface area contributed by atoms with Crippen LogP contribution < -0.4 is 31.9 Å². The average molecular weight is 543 g/mol. The van der Waals surface area contributed by atoms with E-state index in [1.54, 1.807) is 0 Å². The molecule has 10 heteroatoms. The van der Waals surface area contributed by atoms with Gasteiger partial charge in [-0.2, -0.15) is 19.9 Å². The van der Waals surface area contributed by atoms with Crippen molar-refractivity contribution < 1.29 is 0 Å². The second-order valence-electron chi connectivity index (χ2n) is 11.6. The molecule has 2 unspecified atom stereocenters.